The minimum absolute atomic E-state index is 0.138. The number of carbonyl (C=O) groups is 3. The third kappa shape index (κ3) is 2.81. The second kappa shape index (κ2) is 6.29. The van der Waals surface area contributed by atoms with E-state index in [4.69, 9.17) is 11.6 Å². The fourth-order valence-electron chi connectivity index (χ4n) is 2.46. The van der Waals surface area contributed by atoms with E-state index in [1.54, 1.807) is 24.3 Å². The Morgan fingerprint density at radius 2 is 1.75 bits per heavy atom. The molecule has 0 fully saturated rings. The van der Waals surface area contributed by atoms with Crippen LogP contribution in [0.4, 0.5) is 5.69 Å². The summed E-state index contributed by atoms with van der Waals surface area (Å²) in [6.45, 7) is 3.67. The quantitative estimate of drug-likeness (QED) is 0.685. The molecule has 0 aromatic heterocycles. The number of hydrogen-bond donors (Lipinski definition) is 1. The zero-order chi connectivity index (χ0) is 17.3. The summed E-state index contributed by atoms with van der Waals surface area (Å²) in [5.41, 5.74) is 1.40. The Bertz CT molecular complexity index is 859. The van der Waals surface area contributed by atoms with Gasteiger partial charge in [-0.3, -0.25) is 19.3 Å². The van der Waals surface area contributed by atoms with Gasteiger partial charge in [0.2, 0.25) is 0 Å². The van der Waals surface area contributed by atoms with Crippen molar-refractivity contribution in [2.45, 2.75) is 0 Å². The first-order chi connectivity index (χ1) is 11.5. The third-order valence-corrected chi connectivity index (χ3v) is 3.90. The van der Waals surface area contributed by atoms with Crippen LogP contribution in [-0.4, -0.2) is 29.2 Å². The lowest BCUT2D eigenvalue weighted by Gasteiger charge is -2.09. The van der Waals surface area contributed by atoms with Crippen molar-refractivity contribution >= 4 is 35.0 Å². The molecule has 24 heavy (non-hydrogen) atoms. The number of anilines is 1. The monoisotopic (exact) mass is 340 g/mol. The van der Waals surface area contributed by atoms with Crippen LogP contribution in [0.25, 0.3) is 0 Å². The summed E-state index contributed by atoms with van der Waals surface area (Å²) in [5.74, 6) is -1.17. The number of imide groups is 1. The van der Waals surface area contributed by atoms with E-state index in [0.717, 1.165) is 4.90 Å². The van der Waals surface area contributed by atoms with E-state index in [1.807, 2.05) is 0 Å². The maximum atomic E-state index is 12.3. The summed E-state index contributed by atoms with van der Waals surface area (Å²) in [4.78, 5) is 37.8. The van der Waals surface area contributed by atoms with Crippen LogP contribution in [-0.2, 0) is 0 Å². The highest BCUT2D eigenvalue weighted by Crippen LogP contribution is 2.24. The van der Waals surface area contributed by atoms with E-state index < -0.39 is 5.91 Å². The predicted octanol–water partition coefficient (Wildman–Crippen LogP) is 3.37. The highest BCUT2D eigenvalue weighted by atomic mass is 35.5. The highest BCUT2D eigenvalue weighted by Gasteiger charge is 2.35. The fraction of sp³-hybridized carbons (Fsp3) is 0.0556. The molecule has 120 valence electrons. The molecular formula is C18H13ClN2O3. The molecule has 0 unspecified atom stereocenters. The fourth-order valence-corrected chi connectivity index (χ4v) is 2.59. The Hall–Kier alpha value is -2.92. The minimum Gasteiger partial charge on any atom is -0.322 e. The van der Waals surface area contributed by atoms with E-state index in [9.17, 15) is 14.4 Å². The number of rotatable bonds is 4. The van der Waals surface area contributed by atoms with E-state index in [1.165, 1.54) is 24.3 Å². The third-order valence-electron chi connectivity index (χ3n) is 3.65. The average Bonchev–Trinajstić information content (AvgIpc) is 2.82. The standard InChI is InChI=1S/C18H13ClN2O3/c1-2-9-21-17(23)14-8-3-11(10-15(14)18(21)24)16(22)20-13-6-4-12(19)5-7-13/h2-8,10H,1,9H2,(H,20,22). The molecule has 0 saturated carbocycles. The van der Waals surface area contributed by atoms with Crippen LogP contribution in [0, 0.1) is 0 Å². The Morgan fingerprint density at radius 1 is 1.08 bits per heavy atom. The maximum absolute atomic E-state index is 12.3. The second-order valence-electron chi connectivity index (χ2n) is 5.23. The van der Waals surface area contributed by atoms with Crippen LogP contribution in [0.15, 0.2) is 55.1 Å². The number of benzene rings is 2. The van der Waals surface area contributed by atoms with Crippen molar-refractivity contribution < 1.29 is 14.4 Å². The molecule has 0 aliphatic carbocycles. The van der Waals surface area contributed by atoms with Gasteiger partial charge in [-0.1, -0.05) is 17.7 Å². The van der Waals surface area contributed by atoms with Gasteiger partial charge in [0.05, 0.1) is 11.1 Å². The molecule has 5 nitrogen and oxygen atoms in total. The lowest BCUT2D eigenvalue weighted by molar-refractivity contribution is 0.0672. The molecule has 2 aromatic rings. The van der Waals surface area contributed by atoms with Crippen LogP contribution in [0.5, 0.6) is 0 Å². The molecule has 1 heterocycles. The molecule has 1 N–H and O–H groups in total. The van der Waals surface area contributed by atoms with E-state index in [2.05, 4.69) is 11.9 Å². The zero-order valence-electron chi connectivity index (χ0n) is 12.6. The number of carbonyl (C=O) groups excluding carboxylic acids is 3. The summed E-state index contributed by atoms with van der Waals surface area (Å²) >= 11 is 5.80. The molecule has 0 saturated heterocycles. The van der Waals surface area contributed by atoms with Crippen molar-refractivity contribution in [1.29, 1.82) is 0 Å². The molecule has 0 bridgehead atoms. The second-order valence-corrected chi connectivity index (χ2v) is 5.67. The summed E-state index contributed by atoms with van der Waals surface area (Å²) in [7, 11) is 0. The van der Waals surface area contributed by atoms with Crippen LogP contribution in [0.2, 0.25) is 5.02 Å². The summed E-state index contributed by atoms with van der Waals surface area (Å²) in [5, 5.41) is 3.28. The number of amides is 3. The van der Waals surface area contributed by atoms with E-state index >= 15 is 0 Å². The molecular weight excluding hydrogens is 328 g/mol. The van der Waals surface area contributed by atoms with Crippen LogP contribution < -0.4 is 5.32 Å². The molecule has 1 aliphatic heterocycles. The van der Waals surface area contributed by atoms with Crippen molar-refractivity contribution in [2.24, 2.45) is 0 Å². The Labute approximate surface area is 143 Å². The van der Waals surface area contributed by atoms with Crippen molar-refractivity contribution in [3.05, 3.63) is 76.8 Å². The molecule has 6 heteroatoms. The first-order valence-corrected chi connectivity index (χ1v) is 7.57. The average molecular weight is 341 g/mol. The van der Waals surface area contributed by atoms with Crippen LogP contribution >= 0.6 is 11.6 Å². The smallest absolute Gasteiger partial charge is 0.261 e. The lowest BCUT2D eigenvalue weighted by atomic mass is 10.1. The number of halogens is 1. The van der Waals surface area contributed by atoms with Crippen LogP contribution in [0.1, 0.15) is 31.1 Å². The summed E-state index contributed by atoms with van der Waals surface area (Å²) < 4.78 is 0. The van der Waals surface area contributed by atoms with Gasteiger partial charge in [-0.2, -0.15) is 0 Å². The van der Waals surface area contributed by atoms with Gasteiger partial charge in [0.25, 0.3) is 17.7 Å². The predicted molar refractivity (Wildman–Crippen MR) is 91.4 cm³/mol. The first kappa shape index (κ1) is 16.0. The molecule has 0 spiro atoms. The molecule has 0 atom stereocenters. The Morgan fingerprint density at radius 3 is 2.42 bits per heavy atom. The number of nitrogens with one attached hydrogen (secondary N) is 1. The number of fused-ring (bicyclic) bond motifs is 1. The van der Waals surface area contributed by atoms with Gasteiger partial charge >= 0.3 is 0 Å². The van der Waals surface area contributed by atoms with Crippen molar-refractivity contribution in [3.8, 4) is 0 Å². The largest absolute Gasteiger partial charge is 0.322 e. The SMILES string of the molecule is C=CCN1C(=O)c2ccc(C(=O)Nc3ccc(Cl)cc3)cc2C1=O. The molecule has 3 amide bonds. The van der Waals surface area contributed by atoms with Crippen molar-refractivity contribution in [3.63, 3.8) is 0 Å². The van der Waals surface area contributed by atoms with E-state index in [-0.39, 0.29) is 23.9 Å². The van der Waals surface area contributed by atoms with Gasteiger partial charge in [-0.25, -0.2) is 0 Å². The van der Waals surface area contributed by atoms with Crippen molar-refractivity contribution in [1.82, 2.24) is 4.90 Å². The first-order valence-electron chi connectivity index (χ1n) is 7.19. The topological polar surface area (TPSA) is 66.5 Å². The van der Waals surface area contributed by atoms with E-state index in [0.29, 0.717) is 21.8 Å². The Balaban J connectivity index is 1.86. The number of hydrogen-bond acceptors (Lipinski definition) is 3. The molecule has 0 radical (unpaired) electrons. The normalized spacial score (nSPS) is 13.0. The molecule has 2 aromatic carbocycles. The number of nitrogens with zero attached hydrogens (tertiary/aromatic N) is 1. The van der Waals surface area contributed by atoms with Gasteiger partial charge in [0.15, 0.2) is 0 Å². The van der Waals surface area contributed by atoms with Crippen molar-refractivity contribution in [2.75, 3.05) is 11.9 Å². The van der Waals surface area contributed by atoms with Gasteiger partial charge in [0.1, 0.15) is 0 Å². The summed E-state index contributed by atoms with van der Waals surface area (Å²) in [6.07, 6.45) is 1.48. The van der Waals surface area contributed by atoms with Gasteiger partial charge in [0, 0.05) is 22.8 Å². The minimum atomic E-state index is -0.420. The molecule has 1 aliphatic rings. The Kier molecular flexibility index (Phi) is 4.18. The van der Waals surface area contributed by atoms with Gasteiger partial charge in [-0.05, 0) is 42.5 Å². The lowest BCUT2D eigenvalue weighted by Crippen LogP contribution is -2.29. The molecule has 3 rings (SSSR count). The maximum Gasteiger partial charge on any atom is 0.261 e. The van der Waals surface area contributed by atoms with Gasteiger partial charge < -0.3 is 5.32 Å². The van der Waals surface area contributed by atoms with Gasteiger partial charge in [-0.15, -0.1) is 6.58 Å². The highest BCUT2D eigenvalue weighted by molar-refractivity contribution is 6.30. The van der Waals surface area contributed by atoms with Crippen LogP contribution in [0.3, 0.4) is 0 Å². The zero-order valence-corrected chi connectivity index (χ0v) is 13.3. The summed E-state index contributed by atoms with van der Waals surface area (Å²) in [6, 6.07) is 11.1.